The lowest BCUT2D eigenvalue weighted by Gasteiger charge is -2.10. The van der Waals surface area contributed by atoms with E-state index in [1.165, 1.54) is 17.8 Å². The normalized spacial score (nSPS) is 10.8. The average molecular weight is 1010 g/mol. The van der Waals surface area contributed by atoms with E-state index >= 15 is 0 Å². The standard InChI is InChI=1S/C22H15N3O3S.C22H17N3OS.C16H15NO/c26-21(16-5-2-1-3-6-16)23-19-13-14(10-12-17(19)22(27)28)9-11-15-7-4-8-18-20(15)25-29-24-18;1-15-10-11-16(12-13-17-8-5-9-19-21(17)25-27-24-19)14-20(15)23-22(26)18-6-3-2-4-7-18;1-3-13-10-9-12(2)15(11-13)17-16(18)14-7-5-4-6-8-14/h1-13H,(H,23,26)(H,27,28);2-14H,1H3,(H,23,26);3-11H,1H2,2H3,(H,17,18)/b11-9+;13-12+;. The molecule has 2 aromatic heterocycles. The van der Waals surface area contributed by atoms with Crippen molar-refractivity contribution in [1.82, 2.24) is 17.5 Å². The maximum Gasteiger partial charge on any atom is 0.337 e. The van der Waals surface area contributed by atoms with Crippen LogP contribution in [0.4, 0.5) is 17.1 Å². The van der Waals surface area contributed by atoms with Gasteiger partial charge in [0.2, 0.25) is 0 Å². The van der Waals surface area contributed by atoms with Gasteiger partial charge in [0.15, 0.2) is 0 Å². The summed E-state index contributed by atoms with van der Waals surface area (Å²) in [6, 6.07) is 55.4. The highest BCUT2D eigenvalue weighted by Gasteiger charge is 2.15. The third-order valence-corrected chi connectivity index (χ3v) is 12.5. The summed E-state index contributed by atoms with van der Waals surface area (Å²) in [5.41, 5.74) is 13.8. The second kappa shape index (κ2) is 24.6. The molecule has 364 valence electrons. The van der Waals surface area contributed by atoms with Crippen molar-refractivity contribution in [2.24, 2.45) is 0 Å². The van der Waals surface area contributed by atoms with Crippen LogP contribution in [0.5, 0.6) is 0 Å². The van der Waals surface area contributed by atoms with Crippen molar-refractivity contribution < 1.29 is 24.3 Å². The minimum Gasteiger partial charge on any atom is -0.478 e. The molecule has 0 saturated carbocycles. The van der Waals surface area contributed by atoms with Crippen LogP contribution in [0.3, 0.4) is 0 Å². The van der Waals surface area contributed by atoms with E-state index in [0.717, 1.165) is 84.1 Å². The van der Waals surface area contributed by atoms with Gasteiger partial charge in [-0.15, -0.1) is 0 Å². The summed E-state index contributed by atoms with van der Waals surface area (Å²) in [6.07, 6.45) is 9.54. The summed E-state index contributed by atoms with van der Waals surface area (Å²) < 4.78 is 17.2. The Morgan fingerprint density at radius 3 is 1.27 bits per heavy atom. The number of fused-ring (bicyclic) bond motifs is 2. The van der Waals surface area contributed by atoms with E-state index in [2.05, 4.69) is 40.0 Å². The van der Waals surface area contributed by atoms with Crippen molar-refractivity contribution in [2.75, 3.05) is 16.0 Å². The lowest BCUT2D eigenvalue weighted by molar-refractivity contribution is 0.0697. The highest BCUT2D eigenvalue weighted by Crippen LogP contribution is 2.25. The van der Waals surface area contributed by atoms with Crippen LogP contribution < -0.4 is 16.0 Å². The third-order valence-electron chi connectivity index (χ3n) is 11.4. The Hall–Kier alpha value is -9.50. The molecular formula is C60H47N7O5S2. The molecule has 74 heavy (non-hydrogen) atoms. The highest BCUT2D eigenvalue weighted by atomic mass is 32.1. The zero-order valence-electron chi connectivity index (χ0n) is 40.1. The number of carbonyl (C=O) groups is 4. The van der Waals surface area contributed by atoms with Crippen molar-refractivity contribution in [3.8, 4) is 0 Å². The van der Waals surface area contributed by atoms with E-state index in [-0.39, 0.29) is 29.0 Å². The van der Waals surface area contributed by atoms with Gasteiger partial charge >= 0.3 is 5.97 Å². The van der Waals surface area contributed by atoms with Gasteiger partial charge in [-0.3, -0.25) is 14.4 Å². The summed E-state index contributed by atoms with van der Waals surface area (Å²) >= 11 is 2.37. The first kappa shape index (κ1) is 50.9. The third kappa shape index (κ3) is 13.3. The lowest BCUT2D eigenvalue weighted by atomic mass is 10.1. The van der Waals surface area contributed by atoms with Gasteiger partial charge in [-0.25, -0.2) is 4.79 Å². The Bertz CT molecular complexity index is 3690. The minimum atomic E-state index is -1.11. The first-order chi connectivity index (χ1) is 36.0. The number of benzene rings is 8. The number of rotatable bonds is 12. The number of carbonyl (C=O) groups excluding carboxylic acids is 3. The number of nitrogens with zero attached hydrogens (tertiary/aromatic N) is 4. The number of aryl methyl sites for hydroxylation is 2. The zero-order valence-corrected chi connectivity index (χ0v) is 41.7. The summed E-state index contributed by atoms with van der Waals surface area (Å²) in [5, 5.41) is 18.1. The monoisotopic (exact) mass is 1010 g/mol. The molecule has 0 aliphatic carbocycles. The van der Waals surface area contributed by atoms with Crippen LogP contribution in [-0.2, 0) is 0 Å². The Morgan fingerprint density at radius 1 is 0.446 bits per heavy atom. The quantitative estimate of drug-likeness (QED) is 0.0868. The summed E-state index contributed by atoms with van der Waals surface area (Å²) in [6.45, 7) is 7.67. The molecule has 0 atom stereocenters. The van der Waals surface area contributed by atoms with Crippen molar-refractivity contribution in [1.29, 1.82) is 0 Å². The predicted octanol–water partition coefficient (Wildman–Crippen LogP) is 14.1. The lowest BCUT2D eigenvalue weighted by Crippen LogP contribution is -2.14. The molecule has 0 saturated heterocycles. The van der Waals surface area contributed by atoms with E-state index in [1.807, 2.05) is 153 Å². The fourth-order valence-corrected chi connectivity index (χ4v) is 8.50. The molecule has 3 amide bonds. The first-order valence-electron chi connectivity index (χ1n) is 23.1. The number of nitrogens with one attached hydrogen (secondary N) is 3. The van der Waals surface area contributed by atoms with E-state index in [1.54, 1.807) is 66.7 Å². The van der Waals surface area contributed by atoms with Gasteiger partial charge in [0.25, 0.3) is 17.7 Å². The number of carboxylic acid groups (broad SMARTS) is 1. The van der Waals surface area contributed by atoms with Crippen LogP contribution in [0.15, 0.2) is 189 Å². The molecule has 0 aliphatic rings. The van der Waals surface area contributed by atoms with E-state index in [9.17, 15) is 24.3 Å². The molecular weight excluding hydrogens is 963 g/mol. The van der Waals surface area contributed by atoms with E-state index in [4.69, 9.17) is 0 Å². The Morgan fingerprint density at radius 2 is 0.838 bits per heavy atom. The van der Waals surface area contributed by atoms with Crippen LogP contribution in [-0.4, -0.2) is 46.3 Å². The van der Waals surface area contributed by atoms with Gasteiger partial charge in [-0.2, -0.15) is 17.5 Å². The average Bonchev–Trinajstić information content (AvgIpc) is 4.14. The molecule has 12 nitrogen and oxygen atoms in total. The molecule has 0 unspecified atom stereocenters. The highest BCUT2D eigenvalue weighted by molar-refractivity contribution is 7.00. The number of hydrogen-bond acceptors (Lipinski definition) is 10. The molecule has 4 N–H and O–H groups in total. The van der Waals surface area contributed by atoms with Gasteiger partial charge < -0.3 is 21.1 Å². The van der Waals surface area contributed by atoms with Crippen molar-refractivity contribution in [2.45, 2.75) is 13.8 Å². The van der Waals surface area contributed by atoms with Crippen molar-refractivity contribution in [3.63, 3.8) is 0 Å². The SMILES string of the molecule is C=Cc1ccc(C)c(NC(=O)c2ccccc2)c1.Cc1ccc(/C=C/c2cccc3nsnc23)cc1NC(=O)c1ccccc1.O=C(Nc1cc(/C=C/c2cccc3nsnc23)ccc1C(=O)O)c1ccccc1. The molecule has 10 rings (SSSR count). The van der Waals surface area contributed by atoms with Gasteiger partial charge in [0, 0.05) is 39.2 Å². The first-order valence-corrected chi connectivity index (χ1v) is 24.6. The maximum absolute atomic E-state index is 12.5. The van der Waals surface area contributed by atoms with Crippen molar-refractivity contribution >= 4 is 117 Å². The molecule has 8 aromatic carbocycles. The molecule has 10 aromatic rings. The summed E-state index contributed by atoms with van der Waals surface area (Å²) in [4.78, 5) is 48.5. The minimum absolute atomic E-state index is 0.0252. The molecule has 0 radical (unpaired) electrons. The van der Waals surface area contributed by atoms with Crippen LogP contribution in [0, 0.1) is 13.8 Å². The number of aromatic nitrogens is 4. The smallest absolute Gasteiger partial charge is 0.337 e. The van der Waals surface area contributed by atoms with Crippen LogP contribution >= 0.6 is 23.5 Å². The summed E-state index contributed by atoms with van der Waals surface area (Å²) in [5.74, 6) is -1.69. The zero-order chi connectivity index (χ0) is 51.8. The Labute approximate surface area is 435 Å². The second-order valence-electron chi connectivity index (χ2n) is 16.5. The summed E-state index contributed by atoms with van der Waals surface area (Å²) in [7, 11) is 0. The number of anilines is 3. The van der Waals surface area contributed by atoms with E-state index < -0.39 is 5.97 Å². The fraction of sp³-hybridized carbons (Fsp3) is 0.0333. The number of carboxylic acids is 1. The van der Waals surface area contributed by atoms with Crippen molar-refractivity contribution in [3.05, 3.63) is 250 Å². The fourth-order valence-electron chi connectivity index (χ4n) is 7.38. The van der Waals surface area contributed by atoms with Crippen LogP contribution in [0.2, 0.25) is 0 Å². The van der Waals surface area contributed by atoms with Gasteiger partial charge in [-0.05, 0) is 114 Å². The molecule has 0 spiro atoms. The second-order valence-corrected chi connectivity index (χ2v) is 17.6. The maximum atomic E-state index is 12.5. The van der Waals surface area contributed by atoms with Gasteiger partial charge in [0.1, 0.15) is 22.1 Å². The van der Waals surface area contributed by atoms with E-state index in [0.29, 0.717) is 16.7 Å². The van der Waals surface area contributed by atoms with Gasteiger partial charge in [0.05, 0.1) is 34.7 Å². The van der Waals surface area contributed by atoms with Crippen LogP contribution in [0.1, 0.15) is 80.4 Å². The largest absolute Gasteiger partial charge is 0.478 e. The van der Waals surface area contributed by atoms with Gasteiger partial charge in [-0.1, -0.05) is 146 Å². The molecule has 0 fully saturated rings. The molecule has 14 heteroatoms. The topological polar surface area (TPSA) is 176 Å². The number of hydrogen-bond donors (Lipinski definition) is 4. The molecule has 2 heterocycles. The number of amides is 3. The molecule has 0 bridgehead atoms. The Kier molecular flexibility index (Phi) is 16.9. The molecule has 0 aliphatic heterocycles. The predicted molar refractivity (Wildman–Crippen MR) is 302 cm³/mol. The number of aromatic carboxylic acids is 1. The van der Waals surface area contributed by atoms with Crippen LogP contribution in [0.25, 0.3) is 52.4 Å². The Balaban J connectivity index is 0.000000152.